The van der Waals surface area contributed by atoms with Gasteiger partial charge in [-0.1, -0.05) is 13.8 Å². The molecule has 2 atom stereocenters. The third-order valence-corrected chi connectivity index (χ3v) is 3.88. The van der Waals surface area contributed by atoms with Crippen LogP contribution >= 0.6 is 0 Å². The summed E-state index contributed by atoms with van der Waals surface area (Å²) in [7, 11) is 0. The van der Waals surface area contributed by atoms with Gasteiger partial charge in [-0.25, -0.2) is 9.67 Å². The summed E-state index contributed by atoms with van der Waals surface area (Å²) < 4.78 is 2.04. The van der Waals surface area contributed by atoms with Crippen LogP contribution in [0.4, 0.5) is 0 Å². The average molecular weight is 265 g/mol. The fraction of sp³-hybridized carbons (Fsp3) is 0.857. The standard InChI is InChI=1S/C14H27N5/c1-11(2)7-19-14(16-10-17-19)9-18-6-4-5-13(8-18)12(3)15/h10-13H,4-9,15H2,1-3H3. The molecule has 1 aliphatic rings. The van der Waals surface area contributed by atoms with Gasteiger partial charge in [-0.05, 0) is 38.1 Å². The third kappa shape index (κ3) is 4.01. The lowest BCUT2D eigenvalue weighted by molar-refractivity contribution is 0.148. The van der Waals surface area contributed by atoms with Gasteiger partial charge < -0.3 is 5.73 Å². The van der Waals surface area contributed by atoms with E-state index in [1.54, 1.807) is 6.33 Å². The molecule has 0 amide bonds. The molecule has 1 saturated heterocycles. The van der Waals surface area contributed by atoms with Crippen molar-refractivity contribution < 1.29 is 0 Å². The summed E-state index contributed by atoms with van der Waals surface area (Å²) in [4.78, 5) is 6.88. The van der Waals surface area contributed by atoms with Gasteiger partial charge >= 0.3 is 0 Å². The monoisotopic (exact) mass is 265 g/mol. The van der Waals surface area contributed by atoms with Crippen molar-refractivity contribution in [1.29, 1.82) is 0 Å². The number of hydrogen-bond donors (Lipinski definition) is 1. The summed E-state index contributed by atoms with van der Waals surface area (Å²) in [6.45, 7) is 10.6. The molecule has 0 aliphatic carbocycles. The Morgan fingerprint density at radius 3 is 2.89 bits per heavy atom. The quantitative estimate of drug-likeness (QED) is 0.876. The smallest absolute Gasteiger partial charge is 0.141 e. The minimum atomic E-state index is 0.288. The lowest BCUT2D eigenvalue weighted by atomic mass is 9.92. The van der Waals surface area contributed by atoms with Crippen LogP contribution in [0.25, 0.3) is 0 Å². The Balaban J connectivity index is 1.95. The topological polar surface area (TPSA) is 60.0 Å². The van der Waals surface area contributed by atoms with Gasteiger partial charge in [0.1, 0.15) is 12.2 Å². The minimum Gasteiger partial charge on any atom is -0.328 e. The van der Waals surface area contributed by atoms with Crippen LogP contribution in [0.5, 0.6) is 0 Å². The maximum absolute atomic E-state index is 6.04. The van der Waals surface area contributed by atoms with Gasteiger partial charge in [0.2, 0.25) is 0 Å². The van der Waals surface area contributed by atoms with Gasteiger partial charge in [-0.2, -0.15) is 5.10 Å². The van der Waals surface area contributed by atoms with Crippen molar-refractivity contribution in [3.05, 3.63) is 12.2 Å². The third-order valence-electron chi connectivity index (χ3n) is 3.88. The zero-order chi connectivity index (χ0) is 13.8. The molecule has 1 aromatic rings. The number of piperidine rings is 1. The molecule has 5 nitrogen and oxygen atoms in total. The van der Waals surface area contributed by atoms with Crippen molar-refractivity contribution in [2.24, 2.45) is 17.6 Å². The van der Waals surface area contributed by atoms with Gasteiger partial charge in [0.15, 0.2) is 0 Å². The molecular formula is C14H27N5. The molecule has 0 aromatic carbocycles. The number of nitrogens with zero attached hydrogens (tertiary/aromatic N) is 4. The molecule has 0 radical (unpaired) electrons. The first-order valence-corrected chi connectivity index (χ1v) is 7.41. The van der Waals surface area contributed by atoms with Gasteiger partial charge in [-0.3, -0.25) is 4.90 Å². The molecule has 2 rings (SSSR count). The summed E-state index contributed by atoms with van der Waals surface area (Å²) in [5.41, 5.74) is 6.04. The maximum Gasteiger partial charge on any atom is 0.141 e. The molecule has 0 saturated carbocycles. The number of nitrogens with two attached hydrogens (primary N) is 1. The number of hydrogen-bond acceptors (Lipinski definition) is 4. The molecule has 1 aromatic heterocycles. The zero-order valence-electron chi connectivity index (χ0n) is 12.4. The summed E-state index contributed by atoms with van der Waals surface area (Å²) in [5, 5.41) is 4.33. The van der Waals surface area contributed by atoms with E-state index in [1.165, 1.54) is 12.8 Å². The highest BCUT2D eigenvalue weighted by Gasteiger charge is 2.23. The minimum absolute atomic E-state index is 0.288. The van der Waals surface area contributed by atoms with Crippen LogP contribution in [0.2, 0.25) is 0 Å². The predicted molar refractivity (Wildman–Crippen MR) is 76.5 cm³/mol. The van der Waals surface area contributed by atoms with Crippen molar-refractivity contribution in [2.45, 2.75) is 52.7 Å². The van der Waals surface area contributed by atoms with Crippen LogP contribution in [0, 0.1) is 11.8 Å². The molecular weight excluding hydrogens is 238 g/mol. The summed E-state index contributed by atoms with van der Waals surface area (Å²) in [6, 6.07) is 0.288. The predicted octanol–water partition coefficient (Wildman–Crippen LogP) is 1.49. The Bertz CT molecular complexity index is 385. The Labute approximate surface area is 116 Å². The highest BCUT2D eigenvalue weighted by molar-refractivity contribution is 4.88. The van der Waals surface area contributed by atoms with E-state index >= 15 is 0 Å². The zero-order valence-corrected chi connectivity index (χ0v) is 12.4. The number of likely N-dealkylation sites (tertiary alicyclic amines) is 1. The van der Waals surface area contributed by atoms with E-state index in [9.17, 15) is 0 Å². The molecule has 1 aliphatic heterocycles. The number of aromatic nitrogens is 3. The highest BCUT2D eigenvalue weighted by Crippen LogP contribution is 2.20. The van der Waals surface area contributed by atoms with Gasteiger partial charge in [-0.15, -0.1) is 0 Å². The molecule has 108 valence electrons. The fourth-order valence-corrected chi connectivity index (χ4v) is 2.77. The first-order valence-electron chi connectivity index (χ1n) is 7.41. The Kier molecular flexibility index (Phi) is 4.93. The van der Waals surface area contributed by atoms with Crippen LogP contribution in [-0.4, -0.2) is 38.8 Å². The molecule has 0 spiro atoms. The van der Waals surface area contributed by atoms with Crippen LogP contribution in [-0.2, 0) is 13.1 Å². The Morgan fingerprint density at radius 2 is 2.21 bits per heavy atom. The molecule has 1 fully saturated rings. The van der Waals surface area contributed by atoms with Crippen molar-refractivity contribution in [1.82, 2.24) is 19.7 Å². The van der Waals surface area contributed by atoms with E-state index in [0.717, 1.165) is 32.0 Å². The van der Waals surface area contributed by atoms with Crippen LogP contribution in [0.15, 0.2) is 6.33 Å². The summed E-state index contributed by atoms with van der Waals surface area (Å²) in [6.07, 6.45) is 4.17. The van der Waals surface area contributed by atoms with Gasteiger partial charge in [0.05, 0.1) is 6.54 Å². The van der Waals surface area contributed by atoms with Crippen LogP contribution in [0.3, 0.4) is 0 Å². The second kappa shape index (κ2) is 6.48. The molecule has 2 unspecified atom stereocenters. The number of rotatable bonds is 5. The lowest BCUT2D eigenvalue weighted by Crippen LogP contribution is -2.42. The van der Waals surface area contributed by atoms with E-state index in [-0.39, 0.29) is 6.04 Å². The van der Waals surface area contributed by atoms with E-state index in [4.69, 9.17) is 5.73 Å². The summed E-state index contributed by atoms with van der Waals surface area (Å²) >= 11 is 0. The molecule has 19 heavy (non-hydrogen) atoms. The van der Waals surface area contributed by atoms with E-state index in [0.29, 0.717) is 11.8 Å². The second-order valence-electron chi connectivity index (χ2n) is 6.25. The molecule has 2 heterocycles. The van der Waals surface area contributed by atoms with Crippen LogP contribution < -0.4 is 5.73 Å². The van der Waals surface area contributed by atoms with E-state index in [1.807, 2.05) is 4.68 Å². The van der Waals surface area contributed by atoms with Crippen molar-refractivity contribution in [3.8, 4) is 0 Å². The molecule has 0 bridgehead atoms. The molecule has 5 heteroatoms. The van der Waals surface area contributed by atoms with Gasteiger partial charge in [0.25, 0.3) is 0 Å². The van der Waals surface area contributed by atoms with Gasteiger partial charge in [0, 0.05) is 19.1 Å². The maximum atomic E-state index is 6.04. The summed E-state index contributed by atoms with van der Waals surface area (Å²) in [5.74, 6) is 2.30. The largest absolute Gasteiger partial charge is 0.328 e. The van der Waals surface area contributed by atoms with Crippen molar-refractivity contribution in [3.63, 3.8) is 0 Å². The first kappa shape index (κ1) is 14.5. The van der Waals surface area contributed by atoms with Crippen molar-refractivity contribution >= 4 is 0 Å². The lowest BCUT2D eigenvalue weighted by Gasteiger charge is -2.34. The molecule has 2 N–H and O–H groups in total. The normalized spacial score (nSPS) is 22.9. The Hall–Kier alpha value is -0.940. The van der Waals surface area contributed by atoms with E-state index in [2.05, 4.69) is 35.8 Å². The van der Waals surface area contributed by atoms with Crippen LogP contribution in [0.1, 0.15) is 39.4 Å². The fourth-order valence-electron chi connectivity index (χ4n) is 2.77. The second-order valence-corrected chi connectivity index (χ2v) is 6.25. The highest BCUT2D eigenvalue weighted by atomic mass is 15.3. The van der Waals surface area contributed by atoms with Crippen molar-refractivity contribution in [2.75, 3.05) is 13.1 Å². The SMILES string of the molecule is CC(C)Cn1ncnc1CN1CCCC(C(C)N)C1. The first-order chi connectivity index (χ1) is 9.06. The Morgan fingerprint density at radius 1 is 1.42 bits per heavy atom. The average Bonchev–Trinajstić information content (AvgIpc) is 2.76. The van der Waals surface area contributed by atoms with E-state index < -0.39 is 0 Å².